The topological polar surface area (TPSA) is 42.2 Å². The van der Waals surface area contributed by atoms with E-state index in [0.717, 1.165) is 12.0 Å². The Kier molecular flexibility index (Phi) is 3.46. The highest BCUT2D eigenvalue weighted by molar-refractivity contribution is 5.32. The van der Waals surface area contributed by atoms with Crippen molar-refractivity contribution in [3.8, 4) is 6.07 Å². The van der Waals surface area contributed by atoms with Crippen molar-refractivity contribution < 1.29 is 9.47 Å². The molecule has 0 N–H and O–H groups in total. The lowest BCUT2D eigenvalue weighted by Gasteiger charge is -2.36. The third kappa shape index (κ3) is 2.66. The average Bonchev–Trinajstić information content (AvgIpc) is 2.40. The average molecular weight is 231 g/mol. The van der Waals surface area contributed by atoms with Crippen molar-refractivity contribution in [3.05, 3.63) is 35.4 Å². The minimum atomic E-state index is -0.289. The van der Waals surface area contributed by atoms with E-state index in [0.29, 0.717) is 18.8 Å². The normalized spacial score (nSPS) is 28.6. The molecular formula is C14H17NO2. The van der Waals surface area contributed by atoms with Gasteiger partial charge in [-0.3, -0.25) is 0 Å². The second-order valence-corrected chi connectivity index (χ2v) is 4.85. The molecule has 1 fully saturated rings. The second-order valence-electron chi connectivity index (χ2n) is 4.85. The van der Waals surface area contributed by atoms with Gasteiger partial charge in [0.2, 0.25) is 0 Å². The minimum absolute atomic E-state index is 0.128. The molecule has 1 aromatic carbocycles. The van der Waals surface area contributed by atoms with Crippen LogP contribution in [-0.4, -0.2) is 13.2 Å². The summed E-state index contributed by atoms with van der Waals surface area (Å²) < 4.78 is 11.5. The second kappa shape index (κ2) is 4.87. The number of hydrogen-bond donors (Lipinski definition) is 0. The summed E-state index contributed by atoms with van der Waals surface area (Å²) in [6.07, 6.45) is 0.759. The van der Waals surface area contributed by atoms with Crippen LogP contribution >= 0.6 is 0 Å². The number of rotatable bonds is 2. The molecule has 0 unspecified atom stereocenters. The standard InChI is InChI=1S/C14H17NO2/c1-3-14(2)9-16-13(17-10-14)12-6-4-11(8-15)5-7-12/h4-7,13H,3,9-10H2,1-2H3. The van der Waals surface area contributed by atoms with Gasteiger partial charge in [0.05, 0.1) is 24.8 Å². The lowest BCUT2D eigenvalue weighted by Crippen LogP contribution is -2.35. The number of hydrogen-bond acceptors (Lipinski definition) is 3. The maximum absolute atomic E-state index is 8.73. The Morgan fingerprint density at radius 2 is 1.88 bits per heavy atom. The molecule has 90 valence electrons. The quantitative estimate of drug-likeness (QED) is 0.785. The van der Waals surface area contributed by atoms with Crippen molar-refractivity contribution in [2.45, 2.75) is 26.6 Å². The monoisotopic (exact) mass is 231 g/mol. The maximum Gasteiger partial charge on any atom is 0.183 e. The smallest absolute Gasteiger partial charge is 0.183 e. The van der Waals surface area contributed by atoms with Crippen LogP contribution in [0, 0.1) is 16.7 Å². The molecule has 1 saturated heterocycles. The van der Waals surface area contributed by atoms with Gasteiger partial charge in [-0.1, -0.05) is 26.0 Å². The molecule has 3 nitrogen and oxygen atoms in total. The van der Waals surface area contributed by atoms with E-state index in [4.69, 9.17) is 14.7 Å². The summed E-state index contributed by atoms with van der Waals surface area (Å²) >= 11 is 0. The van der Waals surface area contributed by atoms with Crippen LogP contribution in [0.1, 0.15) is 37.7 Å². The first-order chi connectivity index (χ1) is 8.17. The Labute approximate surface area is 102 Å². The van der Waals surface area contributed by atoms with Gasteiger partial charge in [-0.15, -0.1) is 0 Å². The van der Waals surface area contributed by atoms with Crippen LogP contribution in [0.2, 0.25) is 0 Å². The van der Waals surface area contributed by atoms with Crippen LogP contribution in [0.3, 0.4) is 0 Å². The summed E-state index contributed by atoms with van der Waals surface area (Å²) in [5.74, 6) is 0. The fourth-order valence-corrected chi connectivity index (χ4v) is 1.75. The summed E-state index contributed by atoms with van der Waals surface area (Å²) in [6.45, 7) is 5.75. The Morgan fingerprint density at radius 3 is 2.35 bits per heavy atom. The Bertz CT molecular complexity index is 411. The zero-order valence-electron chi connectivity index (χ0n) is 10.3. The first kappa shape index (κ1) is 12.1. The van der Waals surface area contributed by atoms with E-state index in [1.54, 1.807) is 12.1 Å². The van der Waals surface area contributed by atoms with Crippen LogP contribution in [0.25, 0.3) is 0 Å². The molecule has 1 aromatic rings. The van der Waals surface area contributed by atoms with Crippen molar-refractivity contribution in [3.63, 3.8) is 0 Å². The molecule has 1 aliphatic rings. The van der Waals surface area contributed by atoms with E-state index < -0.39 is 0 Å². The maximum atomic E-state index is 8.73. The molecule has 0 amide bonds. The van der Waals surface area contributed by atoms with Crippen LogP contribution in [-0.2, 0) is 9.47 Å². The predicted octanol–water partition coefficient (Wildman–Crippen LogP) is 3.02. The van der Waals surface area contributed by atoms with Crippen molar-refractivity contribution in [2.24, 2.45) is 5.41 Å². The highest BCUT2D eigenvalue weighted by Crippen LogP contribution is 2.33. The van der Waals surface area contributed by atoms with Crippen LogP contribution < -0.4 is 0 Å². The van der Waals surface area contributed by atoms with E-state index >= 15 is 0 Å². The SMILES string of the molecule is CCC1(C)COC(c2ccc(C#N)cc2)OC1. The molecule has 0 aliphatic carbocycles. The van der Waals surface area contributed by atoms with Crippen molar-refractivity contribution >= 4 is 0 Å². The summed E-state index contributed by atoms with van der Waals surface area (Å²) in [4.78, 5) is 0. The molecule has 0 spiro atoms. The van der Waals surface area contributed by atoms with Crippen LogP contribution in [0.5, 0.6) is 0 Å². The number of nitriles is 1. The molecule has 0 radical (unpaired) electrons. The van der Waals surface area contributed by atoms with E-state index in [1.807, 2.05) is 12.1 Å². The van der Waals surface area contributed by atoms with Gasteiger partial charge in [-0.25, -0.2) is 0 Å². The molecule has 1 aliphatic heterocycles. The highest BCUT2D eigenvalue weighted by atomic mass is 16.7. The van der Waals surface area contributed by atoms with Crippen molar-refractivity contribution in [2.75, 3.05) is 13.2 Å². The summed E-state index contributed by atoms with van der Waals surface area (Å²) in [5.41, 5.74) is 1.76. The molecule has 0 atom stereocenters. The third-order valence-corrected chi connectivity index (χ3v) is 3.33. The Hall–Kier alpha value is -1.37. The molecule has 1 heterocycles. The van der Waals surface area contributed by atoms with Gasteiger partial charge in [0.25, 0.3) is 0 Å². The minimum Gasteiger partial charge on any atom is -0.348 e. The first-order valence-electron chi connectivity index (χ1n) is 5.90. The Balaban J connectivity index is 2.03. The largest absolute Gasteiger partial charge is 0.348 e. The van der Waals surface area contributed by atoms with E-state index in [9.17, 15) is 0 Å². The van der Waals surface area contributed by atoms with Crippen molar-refractivity contribution in [1.29, 1.82) is 5.26 Å². The molecule has 0 bridgehead atoms. The molecule has 2 rings (SSSR count). The fraction of sp³-hybridized carbons (Fsp3) is 0.500. The van der Waals surface area contributed by atoms with Crippen LogP contribution in [0.4, 0.5) is 0 Å². The lowest BCUT2D eigenvalue weighted by molar-refractivity contribution is -0.230. The molecule has 0 saturated carbocycles. The molecule has 17 heavy (non-hydrogen) atoms. The summed E-state index contributed by atoms with van der Waals surface area (Å²) in [7, 11) is 0. The van der Waals surface area contributed by atoms with E-state index in [1.165, 1.54) is 0 Å². The number of nitrogens with zero attached hydrogens (tertiary/aromatic N) is 1. The van der Waals surface area contributed by atoms with Gasteiger partial charge in [0.1, 0.15) is 0 Å². The zero-order chi connectivity index (χ0) is 12.3. The van der Waals surface area contributed by atoms with Gasteiger partial charge < -0.3 is 9.47 Å². The number of ether oxygens (including phenoxy) is 2. The molecule has 0 aromatic heterocycles. The van der Waals surface area contributed by atoms with E-state index in [-0.39, 0.29) is 11.7 Å². The molecular weight excluding hydrogens is 214 g/mol. The first-order valence-corrected chi connectivity index (χ1v) is 5.90. The summed E-state index contributed by atoms with van der Waals surface area (Å²) in [5, 5.41) is 8.73. The lowest BCUT2D eigenvalue weighted by atomic mass is 9.89. The zero-order valence-corrected chi connectivity index (χ0v) is 10.3. The van der Waals surface area contributed by atoms with Gasteiger partial charge in [-0.2, -0.15) is 5.26 Å². The third-order valence-electron chi connectivity index (χ3n) is 3.33. The Morgan fingerprint density at radius 1 is 1.29 bits per heavy atom. The van der Waals surface area contributed by atoms with Gasteiger partial charge in [-0.05, 0) is 18.6 Å². The van der Waals surface area contributed by atoms with Gasteiger partial charge >= 0.3 is 0 Å². The van der Waals surface area contributed by atoms with Gasteiger partial charge in [0.15, 0.2) is 6.29 Å². The van der Waals surface area contributed by atoms with Crippen LogP contribution in [0.15, 0.2) is 24.3 Å². The highest BCUT2D eigenvalue weighted by Gasteiger charge is 2.31. The number of benzene rings is 1. The molecule has 3 heteroatoms. The fourth-order valence-electron chi connectivity index (χ4n) is 1.75. The van der Waals surface area contributed by atoms with E-state index in [2.05, 4.69) is 19.9 Å². The van der Waals surface area contributed by atoms with Crippen molar-refractivity contribution in [1.82, 2.24) is 0 Å². The summed E-state index contributed by atoms with van der Waals surface area (Å²) in [6, 6.07) is 9.45. The van der Waals surface area contributed by atoms with Gasteiger partial charge in [0, 0.05) is 11.0 Å². The predicted molar refractivity (Wildman–Crippen MR) is 64.2 cm³/mol.